The van der Waals surface area contributed by atoms with Crippen molar-refractivity contribution in [3.63, 3.8) is 0 Å². The molecule has 2 aromatic carbocycles. The normalized spacial score (nSPS) is 15.7. The van der Waals surface area contributed by atoms with Gasteiger partial charge in [-0.2, -0.15) is 0 Å². The summed E-state index contributed by atoms with van der Waals surface area (Å²) in [5.74, 6) is 0.904. The van der Waals surface area contributed by atoms with Crippen molar-refractivity contribution in [3.05, 3.63) is 53.6 Å². The highest BCUT2D eigenvalue weighted by atomic mass is 35.5. The third-order valence-corrected chi connectivity index (χ3v) is 5.05. The van der Waals surface area contributed by atoms with E-state index in [9.17, 15) is 9.59 Å². The van der Waals surface area contributed by atoms with Crippen LogP contribution in [0.3, 0.4) is 0 Å². The minimum Gasteiger partial charge on any atom is -0.497 e. The van der Waals surface area contributed by atoms with E-state index in [0.29, 0.717) is 42.3 Å². The van der Waals surface area contributed by atoms with Crippen LogP contribution >= 0.6 is 12.4 Å². The first-order chi connectivity index (χ1) is 13.5. The number of hydrogen-bond donors (Lipinski definition) is 1. The summed E-state index contributed by atoms with van der Waals surface area (Å²) in [5.41, 5.74) is 7.78. The molecule has 0 radical (unpaired) electrons. The number of anilines is 1. The van der Waals surface area contributed by atoms with Crippen molar-refractivity contribution in [2.75, 3.05) is 32.7 Å². The molecule has 29 heavy (non-hydrogen) atoms. The molecule has 0 aromatic heterocycles. The third-order valence-electron chi connectivity index (χ3n) is 5.05. The summed E-state index contributed by atoms with van der Waals surface area (Å²) in [4.78, 5) is 29.0. The molecule has 8 heteroatoms. The van der Waals surface area contributed by atoms with E-state index in [1.807, 2.05) is 12.1 Å². The number of nitrogens with two attached hydrogens (primary N) is 1. The molecule has 1 unspecified atom stereocenters. The fourth-order valence-electron chi connectivity index (χ4n) is 3.36. The Bertz CT molecular complexity index is 850. The van der Waals surface area contributed by atoms with Crippen LogP contribution in [0.2, 0.25) is 0 Å². The third kappa shape index (κ3) is 4.63. The Labute approximate surface area is 176 Å². The van der Waals surface area contributed by atoms with Crippen molar-refractivity contribution in [2.24, 2.45) is 5.73 Å². The molecule has 0 spiro atoms. The van der Waals surface area contributed by atoms with Gasteiger partial charge in [0.15, 0.2) is 0 Å². The number of likely N-dealkylation sites (N-methyl/N-ethyl adjacent to an activating group) is 1. The van der Waals surface area contributed by atoms with Gasteiger partial charge >= 0.3 is 0 Å². The van der Waals surface area contributed by atoms with Gasteiger partial charge in [0.25, 0.3) is 5.91 Å². The lowest BCUT2D eigenvalue weighted by atomic mass is 10.1. The van der Waals surface area contributed by atoms with Gasteiger partial charge in [0.2, 0.25) is 5.91 Å². The maximum atomic E-state index is 13.0. The standard InChI is InChI=1S/C21H25N3O4.ClH/c1-23(20(25)15-6-4-14(13-22)5-7-15)19-8-9-24(21(19)26)16-10-17(27-2)12-18(11-16)28-3;/h4-7,10-12,19H,8-9,13,22H2,1-3H3;1H. The summed E-state index contributed by atoms with van der Waals surface area (Å²) in [6, 6.07) is 11.9. The SMILES string of the molecule is COc1cc(OC)cc(N2CCC(N(C)C(=O)c3ccc(CN)cc3)C2=O)c1.Cl. The first kappa shape index (κ1) is 22.5. The second-order valence-electron chi connectivity index (χ2n) is 6.68. The van der Waals surface area contributed by atoms with Gasteiger partial charge in [0, 0.05) is 43.9 Å². The fourth-order valence-corrected chi connectivity index (χ4v) is 3.36. The Morgan fingerprint density at radius 1 is 1.14 bits per heavy atom. The Morgan fingerprint density at radius 2 is 1.72 bits per heavy atom. The zero-order chi connectivity index (χ0) is 20.3. The van der Waals surface area contributed by atoms with E-state index in [4.69, 9.17) is 15.2 Å². The fraction of sp³-hybridized carbons (Fsp3) is 0.333. The van der Waals surface area contributed by atoms with Crippen LogP contribution in [0.4, 0.5) is 5.69 Å². The lowest BCUT2D eigenvalue weighted by Gasteiger charge is -2.24. The van der Waals surface area contributed by atoms with E-state index in [0.717, 1.165) is 5.56 Å². The van der Waals surface area contributed by atoms with Crippen LogP contribution in [0, 0.1) is 0 Å². The number of nitrogens with zero attached hydrogens (tertiary/aromatic N) is 2. The molecule has 1 aliphatic rings. The highest BCUT2D eigenvalue weighted by Crippen LogP contribution is 2.32. The number of amides is 2. The van der Waals surface area contributed by atoms with Crippen molar-refractivity contribution in [1.29, 1.82) is 0 Å². The van der Waals surface area contributed by atoms with Crippen LogP contribution in [-0.4, -0.2) is 50.6 Å². The van der Waals surface area contributed by atoms with Gasteiger partial charge in [-0.1, -0.05) is 12.1 Å². The van der Waals surface area contributed by atoms with Crippen LogP contribution in [0.1, 0.15) is 22.3 Å². The smallest absolute Gasteiger partial charge is 0.254 e. The molecule has 2 N–H and O–H groups in total. The van der Waals surface area contributed by atoms with Crippen LogP contribution in [0.25, 0.3) is 0 Å². The minimum atomic E-state index is -0.515. The molecule has 1 atom stereocenters. The lowest BCUT2D eigenvalue weighted by Crippen LogP contribution is -2.43. The van der Waals surface area contributed by atoms with E-state index in [1.54, 1.807) is 56.5 Å². The molecule has 0 aliphatic carbocycles. The predicted octanol–water partition coefficient (Wildman–Crippen LogP) is 2.46. The minimum absolute atomic E-state index is 0. The van der Waals surface area contributed by atoms with Gasteiger partial charge < -0.3 is 25.0 Å². The van der Waals surface area contributed by atoms with Gasteiger partial charge in [-0.05, 0) is 24.1 Å². The summed E-state index contributed by atoms with van der Waals surface area (Å²) in [6.45, 7) is 0.938. The van der Waals surface area contributed by atoms with Gasteiger partial charge in [-0.3, -0.25) is 9.59 Å². The van der Waals surface area contributed by atoms with Crippen LogP contribution in [0.5, 0.6) is 11.5 Å². The molecule has 0 saturated carbocycles. The molecule has 3 rings (SSSR count). The Kier molecular flexibility index (Phi) is 7.47. The van der Waals surface area contributed by atoms with E-state index in [-0.39, 0.29) is 24.2 Å². The average Bonchev–Trinajstić information content (AvgIpc) is 3.13. The van der Waals surface area contributed by atoms with Crippen molar-refractivity contribution in [3.8, 4) is 11.5 Å². The number of ether oxygens (including phenoxy) is 2. The maximum Gasteiger partial charge on any atom is 0.254 e. The van der Waals surface area contributed by atoms with Gasteiger partial charge in [-0.25, -0.2) is 0 Å². The number of carbonyl (C=O) groups excluding carboxylic acids is 2. The quantitative estimate of drug-likeness (QED) is 0.777. The molecule has 1 heterocycles. The zero-order valence-electron chi connectivity index (χ0n) is 16.8. The number of carbonyl (C=O) groups is 2. The lowest BCUT2D eigenvalue weighted by molar-refractivity contribution is -0.120. The van der Waals surface area contributed by atoms with Crippen molar-refractivity contribution in [1.82, 2.24) is 4.90 Å². The van der Waals surface area contributed by atoms with Crippen molar-refractivity contribution in [2.45, 2.75) is 19.0 Å². The summed E-state index contributed by atoms with van der Waals surface area (Å²) < 4.78 is 10.6. The Balaban J connectivity index is 0.00000300. The molecular weight excluding hydrogens is 394 g/mol. The summed E-state index contributed by atoms with van der Waals surface area (Å²) in [6.07, 6.45) is 0.557. The molecule has 2 amide bonds. The van der Waals surface area contributed by atoms with Crippen molar-refractivity contribution < 1.29 is 19.1 Å². The monoisotopic (exact) mass is 419 g/mol. The number of hydrogen-bond acceptors (Lipinski definition) is 5. The first-order valence-corrected chi connectivity index (χ1v) is 9.09. The largest absolute Gasteiger partial charge is 0.497 e. The van der Waals surface area contributed by atoms with E-state index in [2.05, 4.69) is 0 Å². The molecule has 2 aromatic rings. The van der Waals surface area contributed by atoms with E-state index < -0.39 is 6.04 Å². The Morgan fingerprint density at radius 3 is 2.24 bits per heavy atom. The van der Waals surface area contributed by atoms with E-state index >= 15 is 0 Å². The summed E-state index contributed by atoms with van der Waals surface area (Å²) in [5, 5.41) is 0. The Hall–Kier alpha value is -2.77. The van der Waals surface area contributed by atoms with Gasteiger partial charge in [-0.15, -0.1) is 12.4 Å². The zero-order valence-corrected chi connectivity index (χ0v) is 17.6. The van der Waals surface area contributed by atoms with Crippen molar-refractivity contribution >= 4 is 29.9 Å². The number of methoxy groups -OCH3 is 2. The highest BCUT2D eigenvalue weighted by molar-refractivity contribution is 6.04. The molecule has 156 valence electrons. The number of halogens is 1. The molecule has 1 saturated heterocycles. The molecule has 1 aliphatic heterocycles. The topological polar surface area (TPSA) is 85.1 Å². The van der Waals surface area contributed by atoms with Gasteiger partial charge in [0.1, 0.15) is 17.5 Å². The van der Waals surface area contributed by atoms with E-state index in [1.165, 1.54) is 4.90 Å². The maximum absolute atomic E-state index is 13.0. The number of benzene rings is 2. The van der Waals surface area contributed by atoms with Crippen LogP contribution < -0.4 is 20.1 Å². The summed E-state index contributed by atoms with van der Waals surface area (Å²) >= 11 is 0. The van der Waals surface area contributed by atoms with Crippen LogP contribution in [0.15, 0.2) is 42.5 Å². The average molecular weight is 420 g/mol. The highest BCUT2D eigenvalue weighted by Gasteiger charge is 2.37. The second-order valence-corrected chi connectivity index (χ2v) is 6.68. The molecule has 0 bridgehead atoms. The molecule has 1 fully saturated rings. The van der Waals surface area contributed by atoms with Gasteiger partial charge in [0.05, 0.1) is 19.9 Å². The second kappa shape index (κ2) is 9.62. The molecular formula is C21H26ClN3O4. The molecule has 7 nitrogen and oxygen atoms in total. The predicted molar refractivity (Wildman–Crippen MR) is 114 cm³/mol. The first-order valence-electron chi connectivity index (χ1n) is 9.09. The number of rotatable bonds is 6. The summed E-state index contributed by atoms with van der Waals surface area (Å²) in [7, 11) is 4.79. The van der Waals surface area contributed by atoms with Crippen LogP contribution in [-0.2, 0) is 11.3 Å².